The summed E-state index contributed by atoms with van der Waals surface area (Å²) in [5.74, 6) is -2.83. The smallest absolute Gasteiger partial charge is 0.270 e. The second kappa shape index (κ2) is 10.0. The molecule has 3 nitrogen and oxygen atoms in total. The maximum atomic E-state index is 13.8. The summed E-state index contributed by atoms with van der Waals surface area (Å²) >= 11 is 2.36. The Morgan fingerprint density at radius 2 is 1.67 bits per heavy atom. The molecule has 0 radical (unpaired) electrons. The molecule has 0 unspecified atom stereocenters. The van der Waals surface area contributed by atoms with Crippen molar-refractivity contribution in [3.05, 3.63) is 61.5 Å². The van der Waals surface area contributed by atoms with Gasteiger partial charge in [-0.05, 0) is 70.5 Å². The van der Waals surface area contributed by atoms with Gasteiger partial charge in [-0.25, -0.2) is 8.78 Å². The minimum absolute atomic E-state index is 0.0473. The standard InChI is InChI=1S/C29H42F2INO2Si/c1-17(2)25-23(26(34)18-11-13-19(14-12-18)29(8,30)31)24(32)22-20(33-25)15-28(6,7)16-21(22)35-36(9,10)27(3,4)5/h11-14,17,21,26,34H,15-16H2,1-10H3/t21-,26-/m0/s1. The normalized spacial score (nSPS) is 19.4. The Labute approximate surface area is 230 Å². The molecule has 1 aliphatic rings. The van der Waals surface area contributed by atoms with E-state index in [1.807, 2.05) is 0 Å². The molecule has 3 rings (SSSR count). The number of aromatic nitrogens is 1. The van der Waals surface area contributed by atoms with E-state index >= 15 is 0 Å². The molecule has 0 spiro atoms. The fraction of sp³-hybridized carbons (Fsp3) is 0.621. The Morgan fingerprint density at radius 1 is 1.11 bits per heavy atom. The molecule has 0 saturated carbocycles. The number of nitrogens with zero attached hydrogens (tertiary/aromatic N) is 1. The summed E-state index contributed by atoms with van der Waals surface area (Å²) in [5, 5.41) is 11.7. The van der Waals surface area contributed by atoms with E-state index in [1.165, 1.54) is 12.1 Å². The third kappa shape index (κ3) is 6.05. The fourth-order valence-corrected chi connectivity index (χ4v) is 7.20. The Kier molecular flexibility index (Phi) is 8.24. The maximum Gasteiger partial charge on any atom is 0.270 e. The molecule has 0 fully saturated rings. The van der Waals surface area contributed by atoms with E-state index in [4.69, 9.17) is 9.41 Å². The molecule has 1 aliphatic carbocycles. The molecule has 0 amide bonds. The summed E-state index contributed by atoms with van der Waals surface area (Å²) in [6, 6.07) is 6.00. The monoisotopic (exact) mass is 629 g/mol. The van der Waals surface area contributed by atoms with Crippen molar-refractivity contribution in [1.29, 1.82) is 0 Å². The summed E-state index contributed by atoms with van der Waals surface area (Å²) < 4.78 is 35.5. The van der Waals surface area contributed by atoms with Crippen LogP contribution < -0.4 is 0 Å². The highest BCUT2D eigenvalue weighted by molar-refractivity contribution is 14.1. The molecule has 0 saturated heterocycles. The third-order valence-corrected chi connectivity index (χ3v) is 13.5. The number of fused-ring (bicyclic) bond motifs is 1. The molecule has 1 aromatic heterocycles. The van der Waals surface area contributed by atoms with E-state index in [0.717, 1.165) is 45.9 Å². The number of pyridine rings is 1. The average molecular weight is 630 g/mol. The van der Waals surface area contributed by atoms with Crippen molar-refractivity contribution < 1.29 is 18.3 Å². The van der Waals surface area contributed by atoms with Gasteiger partial charge >= 0.3 is 0 Å². The Morgan fingerprint density at radius 3 is 2.14 bits per heavy atom. The van der Waals surface area contributed by atoms with Gasteiger partial charge in [0.15, 0.2) is 8.32 Å². The van der Waals surface area contributed by atoms with Gasteiger partial charge in [-0.15, -0.1) is 0 Å². The molecule has 2 atom stereocenters. The number of alkyl halides is 2. The van der Waals surface area contributed by atoms with Gasteiger partial charge in [0.1, 0.15) is 6.10 Å². The van der Waals surface area contributed by atoms with Crippen LogP contribution in [0.4, 0.5) is 8.78 Å². The molecule has 0 bridgehead atoms. The summed E-state index contributed by atoms with van der Waals surface area (Å²) in [5.41, 5.74) is 4.35. The van der Waals surface area contributed by atoms with Crippen molar-refractivity contribution in [3.8, 4) is 0 Å². The second-order valence-corrected chi connectivity index (χ2v) is 18.9. The van der Waals surface area contributed by atoms with Crippen LogP contribution in [0.5, 0.6) is 0 Å². The predicted octanol–water partition coefficient (Wildman–Crippen LogP) is 9.04. The fourth-order valence-electron chi connectivity index (χ4n) is 4.70. The van der Waals surface area contributed by atoms with Gasteiger partial charge in [0.25, 0.3) is 5.92 Å². The molecule has 2 aromatic rings. The molecule has 0 aliphatic heterocycles. The number of aliphatic hydroxyl groups excluding tert-OH is 1. The minimum Gasteiger partial charge on any atom is -0.410 e. The molecule has 1 heterocycles. The number of benzene rings is 1. The first-order valence-corrected chi connectivity index (χ1v) is 16.8. The van der Waals surface area contributed by atoms with Crippen LogP contribution in [0.2, 0.25) is 18.1 Å². The van der Waals surface area contributed by atoms with E-state index in [0.29, 0.717) is 5.56 Å². The lowest BCUT2D eigenvalue weighted by atomic mass is 9.74. The third-order valence-electron chi connectivity index (χ3n) is 7.82. The summed E-state index contributed by atoms with van der Waals surface area (Å²) in [4.78, 5) is 5.17. The van der Waals surface area contributed by atoms with E-state index in [-0.39, 0.29) is 28.0 Å². The van der Waals surface area contributed by atoms with E-state index in [2.05, 4.69) is 84.2 Å². The van der Waals surface area contributed by atoms with Crippen LogP contribution in [0.3, 0.4) is 0 Å². The van der Waals surface area contributed by atoms with E-state index in [9.17, 15) is 13.9 Å². The SMILES string of the molecule is CC(C)c1nc2c(c(I)c1[C@@H](O)c1ccc(C(C)(F)F)cc1)[C@@H](O[Si](C)(C)C(C)(C)C)CC(C)(C)C2. The highest BCUT2D eigenvalue weighted by Crippen LogP contribution is 2.50. The van der Waals surface area contributed by atoms with Crippen molar-refractivity contribution in [2.24, 2.45) is 5.41 Å². The number of hydrogen-bond acceptors (Lipinski definition) is 3. The molecule has 36 heavy (non-hydrogen) atoms. The topological polar surface area (TPSA) is 42.4 Å². The van der Waals surface area contributed by atoms with Crippen LogP contribution in [0.15, 0.2) is 24.3 Å². The zero-order chi connectivity index (χ0) is 27.4. The van der Waals surface area contributed by atoms with Gasteiger partial charge in [0, 0.05) is 32.9 Å². The lowest BCUT2D eigenvalue weighted by Gasteiger charge is -2.44. The molecular formula is C29H42F2INO2Si. The molecule has 200 valence electrons. The van der Waals surface area contributed by atoms with Crippen molar-refractivity contribution in [3.63, 3.8) is 0 Å². The summed E-state index contributed by atoms with van der Waals surface area (Å²) in [6.07, 6.45) is 0.681. The summed E-state index contributed by atoms with van der Waals surface area (Å²) in [7, 11) is -2.08. The van der Waals surface area contributed by atoms with Crippen LogP contribution >= 0.6 is 22.6 Å². The van der Waals surface area contributed by atoms with Crippen LogP contribution in [0, 0.1) is 8.99 Å². The number of hydrogen-bond donors (Lipinski definition) is 1. The predicted molar refractivity (Wildman–Crippen MR) is 154 cm³/mol. The number of rotatable bonds is 6. The largest absolute Gasteiger partial charge is 0.410 e. The average Bonchev–Trinajstić information content (AvgIpc) is 2.70. The molecule has 7 heteroatoms. The number of aliphatic hydroxyl groups is 1. The Bertz CT molecular complexity index is 1100. The van der Waals surface area contributed by atoms with Gasteiger partial charge in [-0.3, -0.25) is 4.98 Å². The van der Waals surface area contributed by atoms with Crippen LogP contribution in [-0.2, 0) is 16.8 Å². The van der Waals surface area contributed by atoms with Crippen LogP contribution in [0.25, 0.3) is 0 Å². The number of halogens is 3. The zero-order valence-electron chi connectivity index (χ0n) is 23.4. The van der Waals surface area contributed by atoms with Crippen molar-refractivity contribution in [1.82, 2.24) is 4.98 Å². The van der Waals surface area contributed by atoms with Gasteiger partial charge in [-0.1, -0.05) is 72.7 Å². The summed E-state index contributed by atoms with van der Waals surface area (Å²) in [6.45, 7) is 20.9. The van der Waals surface area contributed by atoms with Crippen molar-refractivity contribution in [2.75, 3.05) is 0 Å². The van der Waals surface area contributed by atoms with Gasteiger partial charge < -0.3 is 9.53 Å². The second-order valence-electron chi connectivity index (χ2n) is 13.1. The lowest BCUT2D eigenvalue weighted by Crippen LogP contribution is -2.44. The van der Waals surface area contributed by atoms with Crippen LogP contribution in [-0.4, -0.2) is 18.4 Å². The van der Waals surface area contributed by atoms with Gasteiger partial charge in [-0.2, -0.15) is 0 Å². The van der Waals surface area contributed by atoms with Gasteiger partial charge in [0.05, 0.1) is 11.8 Å². The minimum atomic E-state index is -2.92. The highest BCUT2D eigenvalue weighted by Gasteiger charge is 2.44. The molecule has 1 N–H and O–H groups in total. The quantitative estimate of drug-likeness (QED) is 0.256. The zero-order valence-corrected chi connectivity index (χ0v) is 26.5. The highest BCUT2D eigenvalue weighted by atomic mass is 127. The Balaban J connectivity index is 2.18. The first-order chi connectivity index (χ1) is 16.2. The van der Waals surface area contributed by atoms with E-state index < -0.39 is 20.3 Å². The van der Waals surface area contributed by atoms with Crippen molar-refractivity contribution in [2.45, 2.75) is 110 Å². The molecular weight excluding hydrogens is 587 g/mol. The maximum absolute atomic E-state index is 13.8. The first kappa shape index (κ1) is 29.6. The van der Waals surface area contributed by atoms with E-state index in [1.54, 1.807) is 12.1 Å². The first-order valence-electron chi connectivity index (χ1n) is 12.8. The van der Waals surface area contributed by atoms with Gasteiger partial charge in [0.2, 0.25) is 0 Å². The van der Waals surface area contributed by atoms with Crippen molar-refractivity contribution >= 4 is 30.9 Å². The van der Waals surface area contributed by atoms with Crippen LogP contribution in [0.1, 0.15) is 114 Å². The molecule has 1 aromatic carbocycles. The lowest BCUT2D eigenvalue weighted by molar-refractivity contribution is 0.0174. The Hall–Kier alpha value is -0.903.